The van der Waals surface area contributed by atoms with Gasteiger partial charge >= 0.3 is 0 Å². The molecule has 24 heavy (non-hydrogen) atoms. The molecule has 0 amide bonds. The minimum absolute atomic E-state index is 0.677. The van der Waals surface area contributed by atoms with Crippen LogP contribution in [0.2, 0.25) is 0 Å². The Morgan fingerprint density at radius 1 is 1.17 bits per heavy atom. The molecule has 0 atom stereocenters. The van der Waals surface area contributed by atoms with Gasteiger partial charge in [0.1, 0.15) is 23.1 Å². The zero-order chi connectivity index (χ0) is 16.4. The van der Waals surface area contributed by atoms with Crippen LogP contribution in [0.15, 0.2) is 47.8 Å². The molecular formula is C19H18N2O2S. The van der Waals surface area contributed by atoms with Crippen molar-refractivity contribution in [3.8, 4) is 33.3 Å². The molecule has 1 aliphatic rings. The highest BCUT2D eigenvalue weighted by Gasteiger charge is 2.13. The van der Waals surface area contributed by atoms with Crippen molar-refractivity contribution in [2.75, 3.05) is 25.1 Å². The molecule has 0 spiro atoms. The lowest BCUT2D eigenvalue weighted by molar-refractivity contribution is 0.323. The number of benzene rings is 2. The van der Waals surface area contributed by atoms with Gasteiger partial charge in [0.15, 0.2) is 0 Å². The van der Waals surface area contributed by atoms with Crippen molar-refractivity contribution in [2.45, 2.75) is 6.92 Å². The molecular weight excluding hydrogens is 320 g/mol. The highest BCUT2D eigenvalue weighted by Crippen LogP contribution is 2.35. The molecule has 0 saturated carbocycles. The highest BCUT2D eigenvalue weighted by atomic mass is 32.1. The Morgan fingerprint density at radius 3 is 2.83 bits per heavy atom. The average molecular weight is 338 g/mol. The Kier molecular flexibility index (Phi) is 4.09. The normalized spacial score (nSPS) is 12.9. The Labute approximate surface area is 145 Å². The van der Waals surface area contributed by atoms with E-state index in [2.05, 4.69) is 22.8 Å². The number of nitrogens with zero attached hydrogens (tertiary/aromatic N) is 1. The second kappa shape index (κ2) is 6.53. The van der Waals surface area contributed by atoms with E-state index in [0.717, 1.165) is 45.6 Å². The van der Waals surface area contributed by atoms with Gasteiger partial charge in [-0.15, -0.1) is 11.3 Å². The van der Waals surface area contributed by atoms with Crippen LogP contribution in [0.25, 0.3) is 21.8 Å². The maximum absolute atomic E-state index is 5.63. The zero-order valence-electron chi connectivity index (χ0n) is 13.4. The smallest absolute Gasteiger partial charge is 0.142 e. The molecule has 3 aromatic rings. The third kappa shape index (κ3) is 2.95. The summed E-state index contributed by atoms with van der Waals surface area (Å²) in [5.41, 5.74) is 4.23. The Morgan fingerprint density at radius 2 is 2.00 bits per heavy atom. The number of nitrogens with one attached hydrogen (secondary N) is 1. The van der Waals surface area contributed by atoms with E-state index in [0.29, 0.717) is 13.2 Å². The van der Waals surface area contributed by atoms with Gasteiger partial charge in [-0.2, -0.15) is 0 Å². The molecule has 2 aromatic carbocycles. The molecule has 0 radical (unpaired) electrons. The molecule has 1 N–H and O–H groups in total. The summed E-state index contributed by atoms with van der Waals surface area (Å²) >= 11 is 1.65. The van der Waals surface area contributed by atoms with Gasteiger partial charge in [0.25, 0.3) is 0 Å². The number of hydrogen-bond acceptors (Lipinski definition) is 5. The largest absolute Gasteiger partial charge is 0.494 e. The van der Waals surface area contributed by atoms with Crippen molar-refractivity contribution < 1.29 is 9.47 Å². The standard InChI is InChI=1S/C19H18N2O2S/c1-2-22-15-6-3-13(4-7-15)17-12-24-19(21-17)14-5-8-18-16(11-14)20-9-10-23-18/h3-8,11-12,20H,2,9-10H2,1H3. The van der Waals surface area contributed by atoms with Crippen molar-refractivity contribution in [3.05, 3.63) is 47.8 Å². The van der Waals surface area contributed by atoms with E-state index in [4.69, 9.17) is 14.5 Å². The molecule has 1 aromatic heterocycles. The van der Waals surface area contributed by atoms with Gasteiger partial charge in [-0.1, -0.05) is 0 Å². The number of rotatable bonds is 4. The second-order valence-electron chi connectivity index (χ2n) is 5.48. The first-order valence-electron chi connectivity index (χ1n) is 8.03. The number of ether oxygens (including phenoxy) is 2. The predicted molar refractivity (Wildman–Crippen MR) is 98.1 cm³/mol. The van der Waals surface area contributed by atoms with E-state index < -0.39 is 0 Å². The summed E-state index contributed by atoms with van der Waals surface area (Å²) < 4.78 is 11.1. The van der Waals surface area contributed by atoms with Crippen molar-refractivity contribution >= 4 is 17.0 Å². The quantitative estimate of drug-likeness (QED) is 0.750. The van der Waals surface area contributed by atoms with E-state index >= 15 is 0 Å². The first-order valence-corrected chi connectivity index (χ1v) is 8.91. The third-order valence-corrected chi connectivity index (χ3v) is 4.76. The van der Waals surface area contributed by atoms with Crippen molar-refractivity contribution in [1.29, 1.82) is 0 Å². The summed E-state index contributed by atoms with van der Waals surface area (Å²) in [5.74, 6) is 1.80. The van der Waals surface area contributed by atoms with Gasteiger partial charge in [0.2, 0.25) is 0 Å². The molecule has 5 heteroatoms. The number of fused-ring (bicyclic) bond motifs is 1. The van der Waals surface area contributed by atoms with Crippen LogP contribution >= 0.6 is 11.3 Å². The zero-order valence-corrected chi connectivity index (χ0v) is 14.2. The SMILES string of the molecule is CCOc1ccc(-c2csc(-c3ccc4c(c3)NCCO4)n2)cc1. The fraction of sp³-hybridized carbons (Fsp3) is 0.211. The van der Waals surface area contributed by atoms with Crippen LogP contribution in [0.3, 0.4) is 0 Å². The molecule has 0 bridgehead atoms. The predicted octanol–water partition coefficient (Wildman–Crippen LogP) is 4.68. The van der Waals surface area contributed by atoms with Crippen LogP contribution in [0.4, 0.5) is 5.69 Å². The van der Waals surface area contributed by atoms with Crippen LogP contribution < -0.4 is 14.8 Å². The summed E-state index contributed by atoms with van der Waals surface area (Å²) in [6.07, 6.45) is 0. The molecule has 0 fully saturated rings. The molecule has 4 rings (SSSR count). The maximum Gasteiger partial charge on any atom is 0.142 e. The van der Waals surface area contributed by atoms with E-state index in [1.807, 2.05) is 37.3 Å². The lowest BCUT2D eigenvalue weighted by Crippen LogP contribution is -2.17. The first kappa shape index (κ1) is 15.0. The lowest BCUT2D eigenvalue weighted by Gasteiger charge is -2.19. The van der Waals surface area contributed by atoms with Crippen LogP contribution in [-0.2, 0) is 0 Å². The van der Waals surface area contributed by atoms with E-state index in [1.54, 1.807) is 11.3 Å². The molecule has 1 aliphatic heterocycles. The summed E-state index contributed by atoms with van der Waals surface area (Å²) in [7, 11) is 0. The van der Waals surface area contributed by atoms with Crippen molar-refractivity contribution in [2.24, 2.45) is 0 Å². The van der Waals surface area contributed by atoms with Crippen LogP contribution in [-0.4, -0.2) is 24.7 Å². The highest BCUT2D eigenvalue weighted by molar-refractivity contribution is 7.13. The Hall–Kier alpha value is -2.53. The van der Waals surface area contributed by atoms with Gasteiger partial charge in [-0.25, -0.2) is 4.98 Å². The average Bonchev–Trinajstić information content (AvgIpc) is 3.12. The van der Waals surface area contributed by atoms with Crippen LogP contribution in [0.1, 0.15) is 6.92 Å². The third-order valence-electron chi connectivity index (χ3n) is 3.87. The van der Waals surface area contributed by atoms with Crippen molar-refractivity contribution in [1.82, 2.24) is 4.98 Å². The molecule has 122 valence electrons. The van der Waals surface area contributed by atoms with Gasteiger partial charge in [0.05, 0.1) is 18.0 Å². The van der Waals surface area contributed by atoms with E-state index in [-0.39, 0.29) is 0 Å². The van der Waals surface area contributed by atoms with Gasteiger partial charge in [0, 0.05) is 23.1 Å². The lowest BCUT2D eigenvalue weighted by atomic mass is 10.1. The second-order valence-corrected chi connectivity index (χ2v) is 6.34. The number of anilines is 1. The number of thiazole rings is 1. The topological polar surface area (TPSA) is 43.4 Å². The summed E-state index contributed by atoms with van der Waals surface area (Å²) in [4.78, 5) is 4.78. The van der Waals surface area contributed by atoms with Crippen LogP contribution in [0, 0.1) is 0 Å². The fourth-order valence-corrected chi connectivity index (χ4v) is 3.53. The molecule has 4 nitrogen and oxygen atoms in total. The molecule has 0 aliphatic carbocycles. The number of hydrogen-bond donors (Lipinski definition) is 1. The molecule has 2 heterocycles. The van der Waals surface area contributed by atoms with Gasteiger partial charge < -0.3 is 14.8 Å². The monoisotopic (exact) mass is 338 g/mol. The first-order chi connectivity index (χ1) is 11.8. The van der Waals surface area contributed by atoms with Gasteiger partial charge in [-0.05, 0) is 49.4 Å². The number of aromatic nitrogens is 1. The summed E-state index contributed by atoms with van der Waals surface area (Å²) in [6.45, 7) is 4.21. The minimum atomic E-state index is 0.677. The summed E-state index contributed by atoms with van der Waals surface area (Å²) in [5, 5.41) is 6.47. The van der Waals surface area contributed by atoms with Gasteiger partial charge in [-0.3, -0.25) is 0 Å². The summed E-state index contributed by atoms with van der Waals surface area (Å²) in [6, 6.07) is 14.2. The molecule has 0 unspecified atom stereocenters. The minimum Gasteiger partial charge on any atom is -0.494 e. The van der Waals surface area contributed by atoms with Crippen LogP contribution in [0.5, 0.6) is 11.5 Å². The molecule has 0 saturated heterocycles. The Bertz CT molecular complexity index is 843. The Balaban J connectivity index is 1.60. The van der Waals surface area contributed by atoms with Crippen molar-refractivity contribution in [3.63, 3.8) is 0 Å². The van der Waals surface area contributed by atoms with E-state index in [1.165, 1.54) is 0 Å². The maximum atomic E-state index is 5.63. The van der Waals surface area contributed by atoms with E-state index in [9.17, 15) is 0 Å². The fourth-order valence-electron chi connectivity index (χ4n) is 2.70.